The number of hydrogen-bond donors (Lipinski definition) is 1. The first-order valence-electron chi connectivity index (χ1n) is 7.32. The van der Waals surface area contributed by atoms with Crippen molar-refractivity contribution in [2.45, 2.75) is 25.4 Å². The zero-order chi connectivity index (χ0) is 16.8. The number of carbonyl (C=O) groups excluding carboxylic acids is 3. The van der Waals surface area contributed by atoms with Gasteiger partial charge in [0.25, 0.3) is 0 Å². The Kier molecular flexibility index (Phi) is 5.56. The summed E-state index contributed by atoms with van der Waals surface area (Å²) in [6.45, 7) is 0.470. The lowest BCUT2D eigenvalue weighted by Crippen LogP contribution is -2.52. The molecule has 2 amide bonds. The van der Waals surface area contributed by atoms with E-state index in [-0.39, 0.29) is 13.0 Å². The van der Waals surface area contributed by atoms with E-state index in [4.69, 9.17) is 4.74 Å². The summed E-state index contributed by atoms with van der Waals surface area (Å²) in [7, 11) is 2.59. The van der Waals surface area contributed by atoms with Crippen molar-refractivity contribution >= 4 is 18.0 Å². The zero-order valence-corrected chi connectivity index (χ0v) is 13.2. The van der Waals surface area contributed by atoms with Crippen molar-refractivity contribution in [2.75, 3.05) is 20.8 Å². The molecular weight excluding hydrogens is 300 g/mol. The topological polar surface area (TPSA) is 84.9 Å². The number of fused-ring (bicyclic) bond motifs is 1. The number of rotatable bonds is 4. The van der Waals surface area contributed by atoms with Crippen molar-refractivity contribution in [1.82, 2.24) is 10.2 Å². The van der Waals surface area contributed by atoms with Crippen LogP contribution in [0.4, 0.5) is 4.79 Å². The SMILES string of the molecule is COC(=O)CCNC(=O)N1Cc2ccccc2C[C@H]1C(=O)OC. The van der Waals surface area contributed by atoms with E-state index in [9.17, 15) is 14.4 Å². The van der Waals surface area contributed by atoms with Crippen LogP contribution < -0.4 is 5.32 Å². The van der Waals surface area contributed by atoms with E-state index in [0.717, 1.165) is 11.1 Å². The molecule has 0 saturated heterocycles. The van der Waals surface area contributed by atoms with Gasteiger partial charge in [0.1, 0.15) is 6.04 Å². The van der Waals surface area contributed by atoms with Gasteiger partial charge in [0.15, 0.2) is 0 Å². The van der Waals surface area contributed by atoms with Crippen molar-refractivity contribution in [3.8, 4) is 0 Å². The molecule has 0 radical (unpaired) electrons. The van der Waals surface area contributed by atoms with Crippen molar-refractivity contribution in [1.29, 1.82) is 0 Å². The molecule has 0 aromatic heterocycles. The fourth-order valence-electron chi connectivity index (χ4n) is 2.56. The molecule has 124 valence electrons. The molecule has 1 atom stereocenters. The number of benzene rings is 1. The zero-order valence-electron chi connectivity index (χ0n) is 13.2. The van der Waals surface area contributed by atoms with E-state index >= 15 is 0 Å². The van der Waals surface area contributed by atoms with Crippen molar-refractivity contribution in [2.24, 2.45) is 0 Å². The Labute approximate surface area is 134 Å². The van der Waals surface area contributed by atoms with Crippen LogP contribution >= 0.6 is 0 Å². The van der Waals surface area contributed by atoms with Gasteiger partial charge in [-0.15, -0.1) is 0 Å². The third-order valence-corrected chi connectivity index (χ3v) is 3.82. The maximum absolute atomic E-state index is 12.4. The highest BCUT2D eigenvalue weighted by atomic mass is 16.5. The van der Waals surface area contributed by atoms with Gasteiger partial charge in [0.05, 0.1) is 20.6 Å². The number of nitrogens with zero attached hydrogens (tertiary/aromatic N) is 1. The first-order chi connectivity index (χ1) is 11.1. The van der Waals surface area contributed by atoms with Crippen LogP contribution in [0.2, 0.25) is 0 Å². The normalized spacial score (nSPS) is 16.3. The molecule has 1 heterocycles. The molecule has 0 bridgehead atoms. The van der Waals surface area contributed by atoms with Gasteiger partial charge in [0, 0.05) is 19.5 Å². The number of hydrogen-bond acceptors (Lipinski definition) is 5. The Balaban J connectivity index is 2.09. The number of nitrogens with one attached hydrogen (secondary N) is 1. The van der Waals surface area contributed by atoms with Crippen LogP contribution in [0.1, 0.15) is 17.5 Å². The Morgan fingerprint density at radius 1 is 1.17 bits per heavy atom. The average Bonchev–Trinajstić information content (AvgIpc) is 2.59. The minimum atomic E-state index is -0.673. The summed E-state index contributed by atoms with van der Waals surface area (Å²) in [4.78, 5) is 36.9. The summed E-state index contributed by atoms with van der Waals surface area (Å²) in [5.74, 6) is -0.860. The van der Waals surface area contributed by atoms with Gasteiger partial charge in [0.2, 0.25) is 0 Å². The summed E-state index contributed by atoms with van der Waals surface area (Å²) < 4.78 is 9.33. The fourth-order valence-corrected chi connectivity index (χ4v) is 2.56. The van der Waals surface area contributed by atoms with Crippen LogP contribution in [0.5, 0.6) is 0 Å². The number of esters is 2. The minimum absolute atomic E-state index is 0.0789. The third-order valence-electron chi connectivity index (χ3n) is 3.82. The Morgan fingerprint density at radius 2 is 1.87 bits per heavy atom. The largest absolute Gasteiger partial charge is 0.469 e. The van der Waals surface area contributed by atoms with Gasteiger partial charge < -0.3 is 19.7 Å². The highest BCUT2D eigenvalue weighted by Crippen LogP contribution is 2.24. The molecule has 2 rings (SSSR count). The molecule has 1 N–H and O–H groups in total. The lowest BCUT2D eigenvalue weighted by atomic mass is 9.94. The molecule has 7 nitrogen and oxygen atoms in total. The first kappa shape index (κ1) is 16.8. The van der Waals surface area contributed by atoms with Gasteiger partial charge in [-0.3, -0.25) is 4.79 Å². The summed E-state index contributed by atoms with van der Waals surface area (Å²) >= 11 is 0. The maximum atomic E-state index is 12.4. The smallest absolute Gasteiger partial charge is 0.329 e. The molecule has 7 heteroatoms. The van der Waals surface area contributed by atoms with Crippen molar-refractivity contribution in [3.63, 3.8) is 0 Å². The molecule has 0 fully saturated rings. The summed E-state index contributed by atoms with van der Waals surface area (Å²) in [5, 5.41) is 2.64. The van der Waals surface area contributed by atoms with Crippen molar-refractivity contribution in [3.05, 3.63) is 35.4 Å². The van der Waals surface area contributed by atoms with Crippen LogP contribution in [-0.4, -0.2) is 49.7 Å². The Morgan fingerprint density at radius 3 is 2.52 bits per heavy atom. The highest BCUT2D eigenvalue weighted by molar-refractivity contribution is 5.84. The van der Waals surface area contributed by atoms with Gasteiger partial charge in [-0.25, -0.2) is 9.59 Å². The van der Waals surface area contributed by atoms with E-state index in [2.05, 4.69) is 10.1 Å². The number of methoxy groups -OCH3 is 2. The molecule has 23 heavy (non-hydrogen) atoms. The fraction of sp³-hybridized carbons (Fsp3) is 0.438. The monoisotopic (exact) mass is 320 g/mol. The molecule has 0 aliphatic carbocycles. The number of amides is 2. The summed E-state index contributed by atoms with van der Waals surface area (Å²) in [6, 6.07) is 6.59. The highest BCUT2D eigenvalue weighted by Gasteiger charge is 2.35. The van der Waals surface area contributed by atoms with Crippen molar-refractivity contribution < 1.29 is 23.9 Å². The molecule has 0 spiro atoms. The van der Waals surface area contributed by atoms with E-state index in [0.29, 0.717) is 13.0 Å². The van der Waals surface area contributed by atoms with Crippen LogP contribution in [0.3, 0.4) is 0 Å². The molecule has 1 aliphatic heterocycles. The lowest BCUT2D eigenvalue weighted by Gasteiger charge is -2.35. The van der Waals surface area contributed by atoms with Crippen LogP contribution in [0.15, 0.2) is 24.3 Å². The quantitative estimate of drug-likeness (QED) is 0.832. The van der Waals surface area contributed by atoms with Crippen LogP contribution in [-0.2, 0) is 32.0 Å². The molecule has 0 unspecified atom stereocenters. The molecular formula is C16H20N2O5. The van der Waals surface area contributed by atoms with E-state index in [1.807, 2.05) is 24.3 Å². The number of carbonyl (C=O) groups is 3. The minimum Gasteiger partial charge on any atom is -0.469 e. The Bertz CT molecular complexity index is 602. The first-order valence-corrected chi connectivity index (χ1v) is 7.32. The molecule has 1 aliphatic rings. The van der Waals surface area contributed by atoms with E-state index in [1.54, 1.807) is 0 Å². The average molecular weight is 320 g/mol. The third kappa shape index (κ3) is 4.00. The summed E-state index contributed by atoms with van der Waals surface area (Å²) in [5.41, 5.74) is 2.03. The maximum Gasteiger partial charge on any atom is 0.329 e. The standard InChI is InChI=1S/C16H20N2O5/c1-22-14(19)7-8-17-16(21)18-10-12-6-4-3-5-11(12)9-13(18)15(20)23-2/h3-6,13H,7-10H2,1-2H3,(H,17,21)/t13-/m0/s1. The molecule has 0 saturated carbocycles. The van der Waals surface area contributed by atoms with Gasteiger partial charge in [-0.1, -0.05) is 24.3 Å². The van der Waals surface area contributed by atoms with Gasteiger partial charge in [-0.2, -0.15) is 0 Å². The lowest BCUT2D eigenvalue weighted by molar-refractivity contribution is -0.146. The second kappa shape index (κ2) is 7.62. The molecule has 1 aromatic rings. The number of ether oxygens (including phenoxy) is 2. The van der Waals surface area contributed by atoms with Crippen LogP contribution in [0.25, 0.3) is 0 Å². The predicted molar refractivity (Wildman–Crippen MR) is 81.5 cm³/mol. The Hall–Kier alpha value is -2.57. The molecule has 1 aromatic carbocycles. The summed E-state index contributed by atoms with van der Waals surface area (Å²) in [6.07, 6.45) is 0.489. The van der Waals surface area contributed by atoms with Gasteiger partial charge >= 0.3 is 18.0 Å². The second-order valence-electron chi connectivity index (χ2n) is 5.20. The van der Waals surface area contributed by atoms with Gasteiger partial charge in [-0.05, 0) is 11.1 Å². The predicted octanol–water partition coefficient (Wildman–Crippen LogP) is 0.859. The number of urea groups is 1. The van der Waals surface area contributed by atoms with E-state index < -0.39 is 24.0 Å². The van der Waals surface area contributed by atoms with E-state index in [1.165, 1.54) is 19.1 Å². The second-order valence-corrected chi connectivity index (χ2v) is 5.20. The van der Waals surface area contributed by atoms with Crippen LogP contribution in [0, 0.1) is 0 Å².